The molecule has 2 N–H and O–H groups in total. The summed E-state index contributed by atoms with van der Waals surface area (Å²) < 4.78 is 31.0. The summed E-state index contributed by atoms with van der Waals surface area (Å²) in [5.41, 5.74) is 2.13. The topological polar surface area (TPSA) is 80.3 Å². The summed E-state index contributed by atoms with van der Waals surface area (Å²) >= 11 is 1.73. The predicted molar refractivity (Wildman–Crippen MR) is 125 cm³/mol. The monoisotopic (exact) mass is 451 g/mol. The SMILES string of the molecule is CC.CS(=O)(=O)NCC1CCC(CNc2nc3c(s2)CCOc2ccccc2-3)CC1. The molecule has 1 aromatic carbocycles. The summed E-state index contributed by atoms with van der Waals surface area (Å²) in [5.74, 6) is 1.99. The summed E-state index contributed by atoms with van der Waals surface area (Å²) in [4.78, 5) is 6.14. The van der Waals surface area contributed by atoms with Gasteiger partial charge in [0.05, 0.1) is 18.6 Å². The molecule has 2 aromatic rings. The maximum absolute atomic E-state index is 11.2. The first-order valence-electron chi connectivity index (χ1n) is 10.9. The fourth-order valence-corrected chi connectivity index (χ4v) is 5.49. The molecular weight excluding hydrogens is 418 g/mol. The van der Waals surface area contributed by atoms with Crippen molar-refractivity contribution in [3.63, 3.8) is 0 Å². The van der Waals surface area contributed by atoms with Crippen molar-refractivity contribution >= 4 is 26.5 Å². The van der Waals surface area contributed by atoms with Gasteiger partial charge in [-0.15, -0.1) is 11.3 Å². The van der Waals surface area contributed by atoms with Crippen LogP contribution in [0.2, 0.25) is 0 Å². The number of hydrogen-bond acceptors (Lipinski definition) is 6. The number of hydrogen-bond donors (Lipinski definition) is 2. The third kappa shape index (κ3) is 6.18. The number of sulfonamides is 1. The van der Waals surface area contributed by atoms with E-state index in [9.17, 15) is 8.42 Å². The molecule has 0 spiro atoms. The Bertz CT molecular complexity index is 919. The Balaban J connectivity index is 0.00000124. The molecule has 2 heterocycles. The van der Waals surface area contributed by atoms with Gasteiger partial charge in [0.25, 0.3) is 0 Å². The first kappa shape index (κ1) is 23.0. The molecule has 4 rings (SSSR count). The van der Waals surface area contributed by atoms with E-state index in [1.54, 1.807) is 11.3 Å². The third-order valence-corrected chi connectivity index (χ3v) is 7.33. The number of rotatable bonds is 6. The minimum atomic E-state index is -3.09. The molecule has 2 aliphatic rings. The lowest BCUT2D eigenvalue weighted by molar-refractivity contribution is 0.284. The Labute approximate surface area is 184 Å². The molecular formula is C22H33N3O3S2. The number of thiazole rings is 1. The normalized spacial score (nSPS) is 20.6. The number of ether oxygens (including phenoxy) is 1. The van der Waals surface area contributed by atoms with Crippen LogP contribution in [0.3, 0.4) is 0 Å². The van der Waals surface area contributed by atoms with E-state index >= 15 is 0 Å². The van der Waals surface area contributed by atoms with Crippen molar-refractivity contribution in [3.05, 3.63) is 29.1 Å². The first-order chi connectivity index (χ1) is 14.5. The smallest absolute Gasteiger partial charge is 0.208 e. The van der Waals surface area contributed by atoms with Crippen LogP contribution in [0.4, 0.5) is 5.13 Å². The molecule has 0 bridgehead atoms. The second-order valence-electron chi connectivity index (χ2n) is 7.77. The van der Waals surface area contributed by atoms with Gasteiger partial charge in [0, 0.05) is 30.0 Å². The fraction of sp³-hybridized carbons (Fsp3) is 0.591. The Hall–Kier alpha value is -1.64. The van der Waals surface area contributed by atoms with Crippen LogP contribution in [0.25, 0.3) is 11.3 Å². The maximum Gasteiger partial charge on any atom is 0.208 e. The minimum Gasteiger partial charge on any atom is -0.493 e. The lowest BCUT2D eigenvalue weighted by Gasteiger charge is -2.28. The molecule has 0 atom stereocenters. The van der Waals surface area contributed by atoms with Crippen molar-refractivity contribution in [3.8, 4) is 17.0 Å². The van der Waals surface area contributed by atoms with Gasteiger partial charge in [0.1, 0.15) is 5.75 Å². The van der Waals surface area contributed by atoms with E-state index in [4.69, 9.17) is 9.72 Å². The standard InChI is InChI=1S/C20H27N3O3S2.C2H6/c1-28(24,25)22-13-15-8-6-14(7-9-15)12-21-20-23-19-16-4-2-3-5-17(16)26-11-10-18(19)27-20;1-2/h2-5,14-15,22H,6-13H2,1H3,(H,21,23);1-2H3. The molecule has 8 heteroatoms. The Morgan fingerprint density at radius 3 is 2.47 bits per heavy atom. The number of anilines is 1. The molecule has 0 saturated heterocycles. The average molecular weight is 452 g/mol. The van der Waals surface area contributed by atoms with Gasteiger partial charge in [-0.2, -0.15) is 0 Å². The number of aromatic nitrogens is 1. The molecule has 1 saturated carbocycles. The summed E-state index contributed by atoms with van der Waals surface area (Å²) in [7, 11) is -3.09. The van der Waals surface area contributed by atoms with Crippen LogP contribution in [0.5, 0.6) is 5.75 Å². The average Bonchev–Trinajstić information content (AvgIpc) is 3.08. The zero-order chi connectivity index (χ0) is 21.6. The number of para-hydroxylation sites is 1. The molecule has 30 heavy (non-hydrogen) atoms. The molecule has 166 valence electrons. The lowest BCUT2D eigenvalue weighted by Crippen LogP contribution is -2.31. The van der Waals surface area contributed by atoms with E-state index in [0.717, 1.165) is 60.8 Å². The van der Waals surface area contributed by atoms with Crippen LogP contribution >= 0.6 is 11.3 Å². The van der Waals surface area contributed by atoms with E-state index in [1.165, 1.54) is 11.1 Å². The van der Waals surface area contributed by atoms with E-state index in [0.29, 0.717) is 25.0 Å². The van der Waals surface area contributed by atoms with Gasteiger partial charge in [-0.25, -0.2) is 18.1 Å². The summed E-state index contributed by atoms with van der Waals surface area (Å²) in [6, 6.07) is 8.11. The lowest BCUT2D eigenvalue weighted by atomic mass is 9.82. The van der Waals surface area contributed by atoms with Gasteiger partial charge in [-0.3, -0.25) is 0 Å². The molecule has 6 nitrogen and oxygen atoms in total. The molecule has 0 radical (unpaired) electrons. The number of nitrogens with zero attached hydrogens (tertiary/aromatic N) is 1. The molecule has 1 fully saturated rings. The van der Waals surface area contributed by atoms with Crippen LogP contribution in [-0.2, 0) is 16.4 Å². The highest BCUT2D eigenvalue weighted by Crippen LogP contribution is 2.39. The van der Waals surface area contributed by atoms with Crippen molar-refractivity contribution in [2.45, 2.75) is 46.0 Å². The highest BCUT2D eigenvalue weighted by Gasteiger charge is 2.23. The summed E-state index contributed by atoms with van der Waals surface area (Å²) in [5, 5.41) is 4.54. The fourth-order valence-electron chi connectivity index (χ4n) is 3.99. The van der Waals surface area contributed by atoms with Gasteiger partial charge in [-0.1, -0.05) is 26.0 Å². The number of fused-ring (bicyclic) bond motifs is 3. The van der Waals surface area contributed by atoms with Gasteiger partial charge in [0.15, 0.2) is 5.13 Å². The maximum atomic E-state index is 11.2. The Kier molecular flexibility index (Phi) is 8.13. The van der Waals surface area contributed by atoms with E-state index < -0.39 is 10.0 Å². The van der Waals surface area contributed by atoms with Gasteiger partial charge in [0.2, 0.25) is 10.0 Å². The van der Waals surface area contributed by atoms with Crippen molar-refractivity contribution in [2.24, 2.45) is 11.8 Å². The minimum absolute atomic E-state index is 0.457. The van der Waals surface area contributed by atoms with Crippen LogP contribution in [0, 0.1) is 11.8 Å². The van der Waals surface area contributed by atoms with Crippen molar-refractivity contribution in [1.82, 2.24) is 9.71 Å². The van der Waals surface area contributed by atoms with Crippen LogP contribution < -0.4 is 14.8 Å². The first-order valence-corrected chi connectivity index (χ1v) is 13.6. The van der Waals surface area contributed by atoms with Crippen molar-refractivity contribution in [2.75, 3.05) is 31.3 Å². The molecule has 1 aliphatic carbocycles. The van der Waals surface area contributed by atoms with Gasteiger partial charge >= 0.3 is 0 Å². The largest absolute Gasteiger partial charge is 0.493 e. The zero-order valence-electron chi connectivity index (χ0n) is 18.1. The highest BCUT2D eigenvalue weighted by atomic mass is 32.2. The van der Waals surface area contributed by atoms with E-state index in [2.05, 4.69) is 16.1 Å². The molecule has 1 aliphatic heterocycles. The second kappa shape index (κ2) is 10.6. The number of benzene rings is 1. The molecule has 0 amide bonds. The summed E-state index contributed by atoms with van der Waals surface area (Å²) in [6.45, 7) is 6.19. The van der Waals surface area contributed by atoms with Gasteiger partial charge in [-0.05, 0) is 49.7 Å². The van der Waals surface area contributed by atoms with E-state index in [-0.39, 0.29) is 0 Å². The van der Waals surface area contributed by atoms with Crippen molar-refractivity contribution in [1.29, 1.82) is 0 Å². The Morgan fingerprint density at radius 1 is 1.10 bits per heavy atom. The molecule has 0 unspecified atom stereocenters. The Morgan fingerprint density at radius 2 is 1.77 bits per heavy atom. The van der Waals surface area contributed by atoms with Crippen molar-refractivity contribution < 1.29 is 13.2 Å². The summed E-state index contributed by atoms with van der Waals surface area (Å²) in [6.07, 6.45) is 6.53. The second-order valence-corrected chi connectivity index (χ2v) is 10.7. The zero-order valence-corrected chi connectivity index (χ0v) is 19.7. The van der Waals surface area contributed by atoms with Crippen LogP contribution in [0.15, 0.2) is 24.3 Å². The highest BCUT2D eigenvalue weighted by molar-refractivity contribution is 7.88. The molecule has 1 aromatic heterocycles. The predicted octanol–water partition coefficient (Wildman–Crippen LogP) is 4.54. The quantitative estimate of drug-likeness (QED) is 0.674. The third-order valence-electron chi connectivity index (χ3n) is 5.57. The van der Waals surface area contributed by atoms with Crippen LogP contribution in [0.1, 0.15) is 44.4 Å². The van der Waals surface area contributed by atoms with Gasteiger partial charge < -0.3 is 10.1 Å². The van der Waals surface area contributed by atoms with E-state index in [1.807, 2.05) is 32.0 Å². The van der Waals surface area contributed by atoms with Crippen LogP contribution in [-0.4, -0.2) is 39.4 Å². The number of nitrogens with one attached hydrogen (secondary N) is 2.